The van der Waals surface area contributed by atoms with Gasteiger partial charge in [0.05, 0.1) is 11.8 Å². The molecule has 0 aromatic rings. The van der Waals surface area contributed by atoms with E-state index in [0.717, 1.165) is 0 Å². The van der Waals surface area contributed by atoms with E-state index in [1.807, 2.05) is 0 Å². The second kappa shape index (κ2) is 8.88. The quantitative estimate of drug-likeness (QED) is 0.491. The number of hydrogen-bond donors (Lipinski definition) is 3. The second-order valence-corrected chi connectivity index (χ2v) is 6.21. The summed E-state index contributed by atoms with van der Waals surface area (Å²) in [6, 6.07) is -2.14. The minimum absolute atomic E-state index is 0.0867. The summed E-state index contributed by atoms with van der Waals surface area (Å²) < 4.78 is 30.0. The first-order valence-corrected chi connectivity index (χ1v) is 7.90. The van der Waals surface area contributed by atoms with Gasteiger partial charge in [-0.15, -0.1) is 0 Å². The zero-order chi connectivity index (χ0) is 15.8. The predicted octanol–water partition coefficient (Wildman–Crippen LogP) is -0.690. The molecule has 2 atom stereocenters. The highest BCUT2D eigenvalue weighted by molar-refractivity contribution is 7.89. The van der Waals surface area contributed by atoms with Crippen LogP contribution in [0.3, 0.4) is 0 Å². The van der Waals surface area contributed by atoms with Crippen molar-refractivity contribution < 1.29 is 27.9 Å². The highest BCUT2D eigenvalue weighted by atomic mass is 32.2. The Bertz CT molecular complexity index is 423. The molecule has 0 aromatic heterocycles. The normalized spacial score (nSPS) is 14.6. The Hall–Kier alpha value is -1.19. The molecule has 0 rings (SSSR count). The Labute approximate surface area is 118 Å². The van der Waals surface area contributed by atoms with Crippen molar-refractivity contribution in [3.8, 4) is 0 Å². The molecule has 8 nitrogen and oxygen atoms in total. The number of ether oxygens (including phenoxy) is 1. The van der Waals surface area contributed by atoms with Crippen LogP contribution in [0.2, 0.25) is 0 Å². The number of nitrogens with one attached hydrogen (secondary N) is 2. The molecule has 20 heavy (non-hydrogen) atoms. The number of carbonyl (C=O) groups is 2. The molecule has 0 aliphatic heterocycles. The molecule has 118 valence electrons. The number of hydrogen-bond acceptors (Lipinski definition) is 5. The smallest absolute Gasteiger partial charge is 0.326 e. The summed E-state index contributed by atoms with van der Waals surface area (Å²) in [5, 5.41) is 11.2. The van der Waals surface area contributed by atoms with Gasteiger partial charge in [0.25, 0.3) is 0 Å². The first-order valence-electron chi connectivity index (χ1n) is 6.25. The lowest BCUT2D eigenvalue weighted by atomic mass is 10.2. The molecule has 0 radical (unpaired) electrons. The maximum Gasteiger partial charge on any atom is 0.326 e. The van der Waals surface area contributed by atoms with Gasteiger partial charge in [0.1, 0.15) is 6.04 Å². The molecule has 0 fully saturated rings. The van der Waals surface area contributed by atoms with E-state index in [9.17, 15) is 18.0 Å². The Morgan fingerprint density at radius 1 is 1.35 bits per heavy atom. The number of sulfonamides is 1. The zero-order valence-corrected chi connectivity index (χ0v) is 12.7. The third-order valence-electron chi connectivity index (χ3n) is 2.45. The van der Waals surface area contributed by atoms with Crippen LogP contribution in [0.5, 0.6) is 0 Å². The van der Waals surface area contributed by atoms with Crippen molar-refractivity contribution in [2.45, 2.75) is 38.8 Å². The molecule has 3 N–H and O–H groups in total. The van der Waals surface area contributed by atoms with Gasteiger partial charge in [0.2, 0.25) is 15.9 Å². The Morgan fingerprint density at radius 2 is 1.95 bits per heavy atom. The van der Waals surface area contributed by atoms with Crippen LogP contribution >= 0.6 is 0 Å². The molecule has 9 heteroatoms. The first-order chi connectivity index (χ1) is 9.23. The SMILES string of the molecule is CCCS(=O)(=O)NC(C)C(=O)NC(CCOC)C(=O)O. The van der Waals surface area contributed by atoms with Gasteiger partial charge in [-0.05, 0) is 13.3 Å². The van der Waals surface area contributed by atoms with E-state index in [1.165, 1.54) is 14.0 Å². The Kier molecular flexibility index (Phi) is 8.35. The van der Waals surface area contributed by atoms with E-state index >= 15 is 0 Å². The summed E-state index contributed by atoms with van der Waals surface area (Å²) in [5.74, 6) is -1.97. The van der Waals surface area contributed by atoms with E-state index in [0.29, 0.717) is 6.42 Å². The topological polar surface area (TPSA) is 122 Å². The number of carbonyl (C=O) groups excluding carboxylic acids is 1. The average Bonchev–Trinajstić information content (AvgIpc) is 2.32. The van der Waals surface area contributed by atoms with Crippen molar-refractivity contribution >= 4 is 21.9 Å². The van der Waals surface area contributed by atoms with Crippen LogP contribution in [0.25, 0.3) is 0 Å². The van der Waals surface area contributed by atoms with Crippen molar-refractivity contribution in [3.63, 3.8) is 0 Å². The fraction of sp³-hybridized carbons (Fsp3) is 0.818. The van der Waals surface area contributed by atoms with Crippen molar-refractivity contribution in [1.29, 1.82) is 0 Å². The minimum atomic E-state index is -3.53. The van der Waals surface area contributed by atoms with Gasteiger partial charge in [0.15, 0.2) is 0 Å². The molecule has 0 aliphatic carbocycles. The van der Waals surface area contributed by atoms with Crippen LogP contribution in [-0.2, 0) is 24.3 Å². The Morgan fingerprint density at radius 3 is 2.40 bits per heavy atom. The molecule has 2 unspecified atom stereocenters. The van der Waals surface area contributed by atoms with Crippen molar-refractivity contribution in [2.24, 2.45) is 0 Å². The molecular formula is C11H22N2O6S. The summed E-state index contributed by atoms with van der Waals surface area (Å²) >= 11 is 0. The summed E-state index contributed by atoms with van der Waals surface area (Å²) in [6.45, 7) is 3.24. The van der Waals surface area contributed by atoms with Crippen molar-refractivity contribution in [2.75, 3.05) is 19.5 Å². The number of aliphatic carboxylic acids is 1. The molecule has 0 aromatic carbocycles. The number of carboxylic acids is 1. The van der Waals surface area contributed by atoms with Crippen molar-refractivity contribution in [3.05, 3.63) is 0 Å². The summed E-state index contributed by atoms with van der Waals surface area (Å²) in [6.07, 6.45) is 0.529. The van der Waals surface area contributed by atoms with Gasteiger partial charge in [-0.25, -0.2) is 17.9 Å². The first kappa shape index (κ1) is 18.8. The van der Waals surface area contributed by atoms with E-state index in [-0.39, 0.29) is 18.8 Å². The summed E-state index contributed by atoms with van der Waals surface area (Å²) in [4.78, 5) is 22.7. The molecule has 1 amide bonds. The van der Waals surface area contributed by atoms with Crippen LogP contribution in [0.1, 0.15) is 26.7 Å². The van der Waals surface area contributed by atoms with E-state index in [4.69, 9.17) is 9.84 Å². The van der Waals surface area contributed by atoms with Gasteiger partial charge >= 0.3 is 5.97 Å². The molecule has 0 saturated carbocycles. The summed E-state index contributed by atoms with van der Waals surface area (Å²) in [7, 11) is -2.11. The average molecular weight is 310 g/mol. The monoisotopic (exact) mass is 310 g/mol. The van der Waals surface area contributed by atoms with E-state index < -0.39 is 34.0 Å². The van der Waals surface area contributed by atoms with E-state index in [2.05, 4.69) is 10.0 Å². The Balaban J connectivity index is 4.53. The molecule has 0 spiro atoms. The molecule has 0 saturated heterocycles. The highest BCUT2D eigenvalue weighted by Crippen LogP contribution is 1.97. The number of carboxylic acid groups (broad SMARTS) is 1. The van der Waals surface area contributed by atoms with E-state index in [1.54, 1.807) is 6.92 Å². The number of rotatable bonds is 10. The largest absolute Gasteiger partial charge is 0.480 e. The number of amides is 1. The lowest BCUT2D eigenvalue weighted by molar-refractivity contribution is -0.142. The third-order valence-corrected chi connectivity index (χ3v) is 4.11. The van der Waals surface area contributed by atoms with Crippen molar-refractivity contribution in [1.82, 2.24) is 10.0 Å². The molecule has 0 aliphatic rings. The fourth-order valence-corrected chi connectivity index (χ4v) is 2.74. The lowest BCUT2D eigenvalue weighted by Gasteiger charge is -2.18. The van der Waals surface area contributed by atoms with Crippen LogP contribution < -0.4 is 10.0 Å². The van der Waals surface area contributed by atoms with Gasteiger partial charge in [0, 0.05) is 20.1 Å². The predicted molar refractivity (Wildman–Crippen MR) is 72.7 cm³/mol. The fourth-order valence-electron chi connectivity index (χ4n) is 1.44. The van der Waals surface area contributed by atoms with Crippen LogP contribution in [0.15, 0.2) is 0 Å². The minimum Gasteiger partial charge on any atom is -0.480 e. The van der Waals surface area contributed by atoms with Gasteiger partial charge < -0.3 is 15.2 Å². The lowest BCUT2D eigenvalue weighted by Crippen LogP contribution is -2.50. The van der Waals surface area contributed by atoms with Gasteiger partial charge in [-0.3, -0.25) is 4.79 Å². The van der Waals surface area contributed by atoms with Crippen LogP contribution in [-0.4, -0.2) is 57.0 Å². The maximum absolute atomic E-state index is 11.8. The van der Waals surface area contributed by atoms with Crippen LogP contribution in [0, 0.1) is 0 Å². The summed E-state index contributed by atoms with van der Waals surface area (Å²) in [5.41, 5.74) is 0. The molecular weight excluding hydrogens is 288 g/mol. The van der Waals surface area contributed by atoms with Gasteiger partial charge in [-0.2, -0.15) is 0 Å². The highest BCUT2D eigenvalue weighted by Gasteiger charge is 2.25. The molecule has 0 heterocycles. The second-order valence-electron chi connectivity index (χ2n) is 4.34. The maximum atomic E-state index is 11.8. The third kappa shape index (κ3) is 7.41. The molecule has 0 bridgehead atoms. The zero-order valence-electron chi connectivity index (χ0n) is 11.9. The number of methoxy groups -OCH3 is 1. The van der Waals surface area contributed by atoms with Crippen LogP contribution in [0.4, 0.5) is 0 Å². The standard InChI is InChI=1S/C11H22N2O6S/c1-4-7-20(17,18)13-8(2)10(14)12-9(11(15)16)5-6-19-3/h8-9,13H,4-7H2,1-3H3,(H,12,14)(H,15,16). The van der Waals surface area contributed by atoms with Gasteiger partial charge in [-0.1, -0.05) is 6.92 Å².